The standard InChI is InChI=1S/C15H20N2O4/c18-15(17-5-8-19-9-6-17)12-3-4-14(16-10-12)21-11-13-2-1-7-20-13/h3-4,10,13H,1-2,5-9,11H2/t13-/m0/s1. The molecular weight excluding hydrogens is 272 g/mol. The lowest BCUT2D eigenvalue weighted by Gasteiger charge is -2.26. The fraction of sp³-hybridized carbons (Fsp3) is 0.600. The second-order valence-electron chi connectivity index (χ2n) is 5.24. The highest BCUT2D eigenvalue weighted by atomic mass is 16.5. The van der Waals surface area contributed by atoms with Gasteiger partial charge in [0.2, 0.25) is 5.88 Å². The number of pyridine rings is 1. The summed E-state index contributed by atoms with van der Waals surface area (Å²) >= 11 is 0. The van der Waals surface area contributed by atoms with E-state index in [1.165, 1.54) is 0 Å². The van der Waals surface area contributed by atoms with E-state index < -0.39 is 0 Å². The maximum absolute atomic E-state index is 12.2. The molecule has 0 spiro atoms. The van der Waals surface area contributed by atoms with Crippen LogP contribution in [0.3, 0.4) is 0 Å². The van der Waals surface area contributed by atoms with Crippen molar-refractivity contribution in [3.05, 3.63) is 23.9 Å². The quantitative estimate of drug-likeness (QED) is 0.832. The van der Waals surface area contributed by atoms with E-state index in [0.29, 0.717) is 44.4 Å². The summed E-state index contributed by atoms with van der Waals surface area (Å²) in [7, 11) is 0. The predicted molar refractivity (Wildman–Crippen MR) is 75.4 cm³/mol. The van der Waals surface area contributed by atoms with Crippen molar-refractivity contribution in [2.24, 2.45) is 0 Å². The van der Waals surface area contributed by atoms with Gasteiger partial charge in [-0.25, -0.2) is 4.98 Å². The van der Waals surface area contributed by atoms with E-state index in [2.05, 4.69) is 4.98 Å². The van der Waals surface area contributed by atoms with Crippen molar-refractivity contribution < 1.29 is 19.0 Å². The Morgan fingerprint density at radius 1 is 1.33 bits per heavy atom. The molecule has 3 rings (SSSR count). The van der Waals surface area contributed by atoms with Gasteiger partial charge in [-0.3, -0.25) is 4.79 Å². The minimum atomic E-state index is -0.00326. The van der Waals surface area contributed by atoms with Gasteiger partial charge in [0.15, 0.2) is 0 Å². The highest BCUT2D eigenvalue weighted by Gasteiger charge is 2.19. The zero-order valence-electron chi connectivity index (χ0n) is 12.0. The molecule has 21 heavy (non-hydrogen) atoms. The molecule has 0 aromatic carbocycles. The van der Waals surface area contributed by atoms with Crippen molar-refractivity contribution in [1.82, 2.24) is 9.88 Å². The van der Waals surface area contributed by atoms with E-state index in [0.717, 1.165) is 19.4 Å². The Labute approximate surface area is 124 Å². The topological polar surface area (TPSA) is 60.9 Å². The molecule has 1 atom stereocenters. The monoisotopic (exact) mass is 292 g/mol. The fourth-order valence-corrected chi connectivity index (χ4v) is 2.50. The lowest BCUT2D eigenvalue weighted by Crippen LogP contribution is -2.40. The molecule has 0 aliphatic carbocycles. The first kappa shape index (κ1) is 14.3. The van der Waals surface area contributed by atoms with E-state index in [4.69, 9.17) is 14.2 Å². The molecule has 0 N–H and O–H groups in total. The van der Waals surface area contributed by atoms with Gasteiger partial charge in [-0.2, -0.15) is 0 Å². The summed E-state index contributed by atoms with van der Waals surface area (Å²) in [6.07, 6.45) is 3.87. The third-order valence-electron chi connectivity index (χ3n) is 3.72. The Morgan fingerprint density at radius 2 is 2.19 bits per heavy atom. The molecule has 1 aromatic rings. The summed E-state index contributed by atoms with van der Waals surface area (Å²) in [4.78, 5) is 18.2. The van der Waals surface area contributed by atoms with Gasteiger partial charge in [0.05, 0.1) is 24.9 Å². The van der Waals surface area contributed by atoms with Crippen LogP contribution in [0.1, 0.15) is 23.2 Å². The maximum Gasteiger partial charge on any atom is 0.255 e. The number of nitrogens with zero attached hydrogens (tertiary/aromatic N) is 2. The van der Waals surface area contributed by atoms with Gasteiger partial charge in [-0.15, -0.1) is 0 Å². The van der Waals surface area contributed by atoms with Crippen LogP contribution in [-0.2, 0) is 9.47 Å². The largest absolute Gasteiger partial charge is 0.475 e. The number of morpholine rings is 1. The number of hydrogen-bond donors (Lipinski definition) is 0. The Bertz CT molecular complexity index is 465. The van der Waals surface area contributed by atoms with Crippen LogP contribution in [0.15, 0.2) is 18.3 Å². The van der Waals surface area contributed by atoms with Gasteiger partial charge in [-0.1, -0.05) is 0 Å². The molecule has 6 nitrogen and oxygen atoms in total. The fourth-order valence-electron chi connectivity index (χ4n) is 2.50. The highest BCUT2D eigenvalue weighted by Crippen LogP contribution is 2.15. The molecule has 3 heterocycles. The number of hydrogen-bond acceptors (Lipinski definition) is 5. The van der Waals surface area contributed by atoms with Crippen LogP contribution in [0.25, 0.3) is 0 Å². The van der Waals surface area contributed by atoms with Crippen LogP contribution in [0.2, 0.25) is 0 Å². The van der Waals surface area contributed by atoms with Crippen molar-refractivity contribution in [2.75, 3.05) is 39.5 Å². The molecule has 2 aliphatic rings. The Hall–Kier alpha value is -1.66. The molecule has 0 bridgehead atoms. The summed E-state index contributed by atoms with van der Waals surface area (Å²) < 4.78 is 16.3. The van der Waals surface area contributed by atoms with Crippen molar-refractivity contribution in [3.8, 4) is 5.88 Å². The molecule has 1 aromatic heterocycles. The van der Waals surface area contributed by atoms with Crippen LogP contribution >= 0.6 is 0 Å². The van der Waals surface area contributed by atoms with E-state index in [1.54, 1.807) is 23.2 Å². The highest BCUT2D eigenvalue weighted by molar-refractivity contribution is 5.94. The molecule has 1 amide bonds. The summed E-state index contributed by atoms with van der Waals surface area (Å²) in [6, 6.07) is 3.50. The molecule has 2 fully saturated rings. The Balaban J connectivity index is 1.54. The summed E-state index contributed by atoms with van der Waals surface area (Å²) in [5.74, 6) is 0.528. The van der Waals surface area contributed by atoms with Crippen molar-refractivity contribution in [3.63, 3.8) is 0 Å². The van der Waals surface area contributed by atoms with E-state index in [1.807, 2.05) is 0 Å². The Kier molecular flexibility index (Phi) is 4.67. The zero-order chi connectivity index (χ0) is 14.5. The van der Waals surface area contributed by atoms with Gasteiger partial charge < -0.3 is 19.1 Å². The second-order valence-corrected chi connectivity index (χ2v) is 5.24. The van der Waals surface area contributed by atoms with Gasteiger partial charge in [0.1, 0.15) is 6.61 Å². The average molecular weight is 292 g/mol. The average Bonchev–Trinajstić information content (AvgIpc) is 3.07. The van der Waals surface area contributed by atoms with Crippen molar-refractivity contribution >= 4 is 5.91 Å². The summed E-state index contributed by atoms with van der Waals surface area (Å²) in [6.45, 7) is 3.80. The smallest absolute Gasteiger partial charge is 0.255 e. The number of aromatic nitrogens is 1. The molecule has 0 saturated carbocycles. The van der Waals surface area contributed by atoms with Gasteiger partial charge in [0, 0.05) is 32.0 Å². The van der Waals surface area contributed by atoms with Crippen LogP contribution < -0.4 is 4.74 Å². The third kappa shape index (κ3) is 3.71. The van der Waals surface area contributed by atoms with Crippen LogP contribution in [0, 0.1) is 0 Å². The molecule has 6 heteroatoms. The van der Waals surface area contributed by atoms with Gasteiger partial charge in [0.25, 0.3) is 5.91 Å². The number of ether oxygens (including phenoxy) is 3. The third-order valence-corrected chi connectivity index (χ3v) is 3.72. The lowest BCUT2D eigenvalue weighted by atomic mass is 10.2. The zero-order valence-corrected chi connectivity index (χ0v) is 12.0. The first-order valence-electron chi connectivity index (χ1n) is 7.40. The van der Waals surface area contributed by atoms with Crippen LogP contribution in [0.5, 0.6) is 5.88 Å². The second kappa shape index (κ2) is 6.87. The minimum absolute atomic E-state index is 0.00326. The maximum atomic E-state index is 12.2. The first-order valence-corrected chi connectivity index (χ1v) is 7.40. The molecule has 0 unspecified atom stereocenters. The number of rotatable bonds is 4. The van der Waals surface area contributed by atoms with Crippen molar-refractivity contribution in [2.45, 2.75) is 18.9 Å². The SMILES string of the molecule is O=C(c1ccc(OC[C@@H]2CCCO2)nc1)N1CCOCC1. The molecular formula is C15H20N2O4. The van der Waals surface area contributed by atoms with Gasteiger partial charge in [-0.05, 0) is 18.9 Å². The molecule has 0 radical (unpaired) electrons. The van der Waals surface area contributed by atoms with Crippen LogP contribution in [0.4, 0.5) is 0 Å². The Morgan fingerprint density at radius 3 is 2.86 bits per heavy atom. The normalized spacial score (nSPS) is 22.3. The number of carbonyl (C=O) groups is 1. The molecule has 114 valence electrons. The number of amides is 1. The van der Waals surface area contributed by atoms with E-state index in [-0.39, 0.29) is 12.0 Å². The van der Waals surface area contributed by atoms with E-state index >= 15 is 0 Å². The predicted octanol–water partition coefficient (Wildman–Crippen LogP) is 1.11. The molecule has 2 saturated heterocycles. The van der Waals surface area contributed by atoms with E-state index in [9.17, 15) is 4.79 Å². The van der Waals surface area contributed by atoms with Crippen LogP contribution in [-0.4, -0.2) is 61.4 Å². The van der Waals surface area contributed by atoms with Gasteiger partial charge >= 0.3 is 0 Å². The first-order chi connectivity index (χ1) is 10.3. The minimum Gasteiger partial charge on any atom is -0.475 e. The van der Waals surface area contributed by atoms with Crippen molar-refractivity contribution in [1.29, 1.82) is 0 Å². The lowest BCUT2D eigenvalue weighted by molar-refractivity contribution is 0.0302. The summed E-state index contributed by atoms with van der Waals surface area (Å²) in [5.41, 5.74) is 0.585. The molecule has 2 aliphatic heterocycles. The number of carbonyl (C=O) groups excluding carboxylic acids is 1. The summed E-state index contributed by atoms with van der Waals surface area (Å²) in [5, 5.41) is 0.